The number of halogens is 1. The second-order valence-corrected chi connectivity index (χ2v) is 7.93. The summed E-state index contributed by atoms with van der Waals surface area (Å²) < 4.78 is 18.6. The van der Waals surface area contributed by atoms with Crippen molar-refractivity contribution in [3.8, 4) is 0 Å². The van der Waals surface area contributed by atoms with Gasteiger partial charge in [0.05, 0.1) is 6.61 Å². The molecule has 6 heteroatoms. The van der Waals surface area contributed by atoms with Crippen LogP contribution in [-0.2, 0) is 16.0 Å². The van der Waals surface area contributed by atoms with Gasteiger partial charge in [-0.3, -0.25) is 14.6 Å². The van der Waals surface area contributed by atoms with Crippen LogP contribution in [0.15, 0.2) is 24.3 Å². The number of nitrogens with zero attached hydrogens (tertiary/aromatic N) is 3. The normalized spacial score (nSPS) is 25.1. The standard InChI is InChI=1S/C21H32FN3O2/c1-23-12-13-24(10-7-18-4-3-5-19(22)16-18)17-21(23)8-6-20(26)25(11-9-21)14-15-27-2/h3-5,16H,6-15,17H2,1-2H3. The molecule has 1 atom stereocenters. The molecule has 0 aromatic heterocycles. The molecule has 1 aromatic rings. The lowest BCUT2D eigenvalue weighted by Crippen LogP contribution is -2.61. The lowest BCUT2D eigenvalue weighted by Gasteiger charge is -2.49. The summed E-state index contributed by atoms with van der Waals surface area (Å²) in [5.74, 6) is 0.0787. The van der Waals surface area contributed by atoms with Gasteiger partial charge in [0.25, 0.3) is 0 Å². The molecule has 0 bridgehead atoms. The number of carbonyl (C=O) groups is 1. The van der Waals surface area contributed by atoms with Gasteiger partial charge >= 0.3 is 0 Å². The Hall–Kier alpha value is -1.50. The molecule has 0 saturated carbocycles. The lowest BCUT2D eigenvalue weighted by atomic mass is 9.86. The number of amides is 1. The minimum atomic E-state index is -0.166. The van der Waals surface area contributed by atoms with E-state index in [2.05, 4.69) is 16.8 Å². The second-order valence-electron chi connectivity index (χ2n) is 7.93. The first kappa shape index (κ1) is 20.2. The minimum Gasteiger partial charge on any atom is -0.383 e. The molecule has 0 radical (unpaired) electrons. The Labute approximate surface area is 162 Å². The largest absolute Gasteiger partial charge is 0.383 e. The Bertz CT molecular complexity index is 642. The third-order valence-electron chi connectivity index (χ3n) is 6.25. The molecule has 1 amide bonds. The van der Waals surface area contributed by atoms with Crippen LogP contribution in [0, 0.1) is 5.82 Å². The van der Waals surface area contributed by atoms with Crippen molar-refractivity contribution in [2.24, 2.45) is 0 Å². The average molecular weight is 378 g/mol. The van der Waals surface area contributed by atoms with E-state index in [0.29, 0.717) is 19.6 Å². The third kappa shape index (κ3) is 5.06. The van der Waals surface area contributed by atoms with E-state index in [9.17, 15) is 9.18 Å². The van der Waals surface area contributed by atoms with E-state index in [1.165, 1.54) is 6.07 Å². The van der Waals surface area contributed by atoms with Crippen molar-refractivity contribution in [1.29, 1.82) is 0 Å². The number of rotatable bonds is 6. The maximum atomic E-state index is 13.4. The summed E-state index contributed by atoms with van der Waals surface area (Å²) in [5.41, 5.74) is 1.10. The van der Waals surface area contributed by atoms with Crippen LogP contribution in [0.25, 0.3) is 0 Å². The summed E-state index contributed by atoms with van der Waals surface area (Å²) in [6.07, 6.45) is 3.36. The highest BCUT2D eigenvalue weighted by Crippen LogP contribution is 2.32. The number of likely N-dealkylation sites (N-methyl/N-ethyl adjacent to an activating group) is 1. The van der Waals surface area contributed by atoms with Gasteiger partial charge in [-0.25, -0.2) is 4.39 Å². The van der Waals surface area contributed by atoms with Crippen molar-refractivity contribution in [3.05, 3.63) is 35.6 Å². The van der Waals surface area contributed by atoms with Gasteiger partial charge in [0.2, 0.25) is 5.91 Å². The topological polar surface area (TPSA) is 36.0 Å². The number of piperazine rings is 1. The number of ether oxygens (including phenoxy) is 1. The van der Waals surface area contributed by atoms with E-state index in [1.54, 1.807) is 19.2 Å². The smallest absolute Gasteiger partial charge is 0.222 e. The fourth-order valence-corrected chi connectivity index (χ4v) is 4.38. The minimum absolute atomic E-state index is 0.0532. The summed E-state index contributed by atoms with van der Waals surface area (Å²) in [4.78, 5) is 19.4. The first-order chi connectivity index (χ1) is 13.0. The summed E-state index contributed by atoms with van der Waals surface area (Å²) >= 11 is 0. The zero-order valence-electron chi connectivity index (χ0n) is 16.6. The molecule has 1 spiro atoms. The molecule has 0 aliphatic carbocycles. The fourth-order valence-electron chi connectivity index (χ4n) is 4.38. The molecule has 2 heterocycles. The van der Waals surface area contributed by atoms with Crippen molar-refractivity contribution in [3.63, 3.8) is 0 Å². The third-order valence-corrected chi connectivity index (χ3v) is 6.25. The van der Waals surface area contributed by atoms with Crippen LogP contribution >= 0.6 is 0 Å². The Balaban J connectivity index is 1.61. The Morgan fingerprint density at radius 1 is 1.19 bits per heavy atom. The molecule has 1 unspecified atom stereocenters. The highest BCUT2D eigenvalue weighted by Gasteiger charge is 2.41. The summed E-state index contributed by atoms with van der Waals surface area (Å²) in [6, 6.07) is 6.89. The van der Waals surface area contributed by atoms with Gasteiger partial charge in [-0.05, 0) is 44.0 Å². The zero-order valence-corrected chi connectivity index (χ0v) is 16.6. The molecular formula is C21H32FN3O2. The maximum Gasteiger partial charge on any atom is 0.222 e. The fraction of sp³-hybridized carbons (Fsp3) is 0.667. The predicted molar refractivity (Wildman–Crippen MR) is 104 cm³/mol. The highest BCUT2D eigenvalue weighted by molar-refractivity contribution is 5.76. The Kier molecular flexibility index (Phi) is 6.84. The van der Waals surface area contributed by atoms with Crippen LogP contribution in [0.3, 0.4) is 0 Å². The van der Waals surface area contributed by atoms with E-state index in [0.717, 1.165) is 57.5 Å². The summed E-state index contributed by atoms with van der Waals surface area (Å²) in [7, 11) is 3.87. The van der Waals surface area contributed by atoms with Crippen molar-refractivity contribution in [2.45, 2.75) is 31.2 Å². The van der Waals surface area contributed by atoms with Gasteiger partial charge in [-0.2, -0.15) is 0 Å². The molecule has 2 aliphatic heterocycles. The number of likely N-dealkylation sites (tertiary alicyclic amines) is 1. The first-order valence-electron chi connectivity index (χ1n) is 9.97. The Morgan fingerprint density at radius 3 is 2.81 bits per heavy atom. The van der Waals surface area contributed by atoms with E-state index < -0.39 is 0 Å². The highest BCUT2D eigenvalue weighted by atomic mass is 19.1. The number of benzene rings is 1. The van der Waals surface area contributed by atoms with Crippen LogP contribution in [0.5, 0.6) is 0 Å². The second kappa shape index (κ2) is 9.13. The monoisotopic (exact) mass is 377 g/mol. The molecule has 27 heavy (non-hydrogen) atoms. The molecule has 150 valence electrons. The van der Waals surface area contributed by atoms with Gasteiger partial charge in [-0.15, -0.1) is 0 Å². The molecular weight excluding hydrogens is 345 g/mol. The lowest BCUT2D eigenvalue weighted by molar-refractivity contribution is -0.131. The zero-order chi connectivity index (χ0) is 19.3. The van der Waals surface area contributed by atoms with Crippen LogP contribution in [0.2, 0.25) is 0 Å². The average Bonchev–Trinajstić information content (AvgIpc) is 2.81. The van der Waals surface area contributed by atoms with E-state index in [4.69, 9.17) is 4.74 Å². The maximum absolute atomic E-state index is 13.4. The van der Waals surface area contributed by atoms with Gasteiger partial charge in [0.15, 0.2) is 0 Å². The molecule has 2 fully saturated rings. The van der Waals surface area contributed by atoms with E-state index >= 15 is 0 Å². The number of hydrogen-bond acceptors (Lipinski definition) is 4. The first-order valence-corrected chi connectivity index (χ1v) is 9.97. The number of carbonyl (C=O) groups excluding carboxylic acids is 1. The van der Waals surface area contributed by atoms with Gasteiger partial charge in [0, 0.05) is 58.3 Å². The van der Waals surface area contributed by atoms with Crippen molar-refractivity contribution in [2.75, 3.05) is 60.0 Å². The van der Waals surface area contributed by atoms with Crippen molar-refractivity contribution < 1.29 is 13.9 Å². The van der Waals surface area contributed by atoms with Crippen molar-refractivity contribution >= 4 is 5.91 Å². The number of hydrogen-bond donors (Lipinski definition) is 0. The summed E-state index contributed by atoms with van der Waals surface area (Å²) in [5, 5.41) is 0. The Morgan fingerprint density at radius 2 is 2.04 bits per heavy atom. The van der Waals surface area contributed by atoms with Crippen molar-refractivity contribution in [1.82, 2.24) is 14.7 Å². The van der Waals surface area contributed by atoms with Crippen LogP contribution in [0.4, 0.5) is 4.39 Å². The molecule has 1 aromatic carbocycles. The molecule has 2 saturated heterocycles. The van der Waals surface area contributed by atoms with Crippen LogP contribution in [-0.4, -0.2) is 86.2 Å². The van der Waals surface area contributed by atoms with Gasteiger partial charge in [0.1, 0.15) is 5.82 Å². The van der Waals surface area contributed by atoms with Gasteiger partial charge < -0.3 is 9.64 Å². The molecule has 3 rings (SSSR count). The molecule has 0 N–H and O–H groups in total. The summed E-state index contributed by atoms with van der Waals surface area (Å²) in [6.45, 7) is 6.01. The quantitative estimate of drug-likeness (QED) is 0.760. The molecule has 5 nitrogen and oxygen atoms in total. The molecule has 2 aliphatic rings. The predicted octanol–water partition coefficient (Wildman–Crippen LogP) is 2.01. The van der Waals surface area contributed by atoms with Crippen LogP contribution < -0.4 is 0 Å². The van der Waals surface area contributed by atoms with Gasteiger partial charge in [-0.1, -0.05) is 12.1 Å². The van der Waals surface area contributed by atoms with Crippen LogP contribution in [0.1, 0.15) is 24.8 Å². The van der Waals surface area contributed by atoms with E-state index in [1.807, 2.05) is 11.0 Å². The number of methoxy groups -OCH3 is 1. The SMILES string of the molecule is COCCN1CCC2(CCC1=O)CN(CCc1cccc(F)c1)CCN2C. The van der Waals surface area contributed by atoms with E-state index in [-0.39, 0.29) is 17.3 Å².